The fraction of sp³-hybridized carbons (Fsp3) is 0.476. The second-order valence-electron chi connectivity index (χ2n) is 8.08. The highest BCUT2D eigenvalue weighted by atomic mass is 19.1. The van der Waals surface area contributed by atoms with Crippen molar-refractivity contribution in [3.8, 4) is 0 Å². The van der Waals surface area contributed by atoms with E-state index in [9.17, 15) is 14.0 Å². The Labute approximate surface area is 157 Å². The predicted molar refractivity (Wildman–Crippen MR) is 98.6 cm³/mol. The van der Waals surface area contributed by atoms with E-state index in [1.807, 2.05) is 4.90 Å². The molecule has 0 spiro atoms. The minimum absolute atomic E-state index is 0.0954. The quantitative estimate of drug-likeness (QED) is 0.838. The molecule has 140 valence electrons. The third-order valence-electron chi connectivity index (χ3n) is 6.12. The molecule has 1 aromatic carbocycles. The molecule has 2 bridgehead atoms. The molecule has 4 aliphatic rings. The van der Waals surface area contributed by atoms with Crippen LogP contribution >= 0.6 is 0 Å². The van der Waals surface area contributed by atoms with E-state index in [2.05, 4.69) is 4.98 Å². The van der Waals surface area contributed by atoms with Gasteiger partial charge in [0.05, 0.1) is 5.92 Å². The van der Waals surface area contributed by atoms with Gasteiger partial charge in [0.2, 0.25) is 5.91 Å². The summed E-state index contributed by atoms with van der Waals surface area (Å²) in [5, 5.41) is 0.674. The number of carbonyl (C=O) groups is 2. The molecule has 2 amide bonds. The molecular formula is C21H22FN3O2. The zero-order valence-corrected chi connectivity index (χ0v) is 15.1. The summed E-state index contributed by atoms with van der Waals surface area (Å²) in [5.74, 6) is 0.0826. The summed E-state index contributed by atoms with van der Waals surface area (Å²) in [5.41, 5.74) is 0.461. The monoisotopic (exact) mass is 367 g/mol. The normalized spacial score (nSPS) is 25.1. The van der Waals surface area contributed by atoms with Crippen LogP contribution in [0.2, 0.25) is 0 Å². The molecule has 2 atom stereocenters. The Bertz CT molecular complexity index is 927. The number of piperidine rings is 1. The van der Waals surface area contributed by atoms with Crippen molar-refractivity contribution >= 4 is 22.7 Å². The first-order valence-corrected chi connectivity index (χ1v) is 9.75. The van der Waals surface area contributed by atoms with Crippen LogP contribution in [0.3, 0.4) is 0 Å². The van der Waals surface area contributed by atoms with E-state index in [1.54, 1.807) is 29.2 Å². The van der Waals surface area contributed by atoms with Crippen LogP contribution in [0.25, 0.3) is 10.9 Å². The third-order valence-corrected chi connectivity index (χ3v) is 6.12. The lowest BCUT2D eigenvalue weighted by Crippen LogP contribution is -2.48. The van der Waals surface area contributed by atoms with Gasteiger partial charge in [-0.2, -0.15) is 0 Å². The second-order valence-corrected chi connectivity index (χ2v) is 8.08. The average Bonchev–Trinajstić information content (AvgIpc) is 3.51. The number of benzene rings is 1. The summed E-state index contributed by atoms with van der Waals surface area (Å²) < 4.78 is 14.1. The molecule has 0 radical (unpaired) electrons. The maximum Gasteiger partial charge on any atom is 0.272 e. The highest BCUT2D eigenvalue weighted by molar-refractivity contribution is 5.95. The number of hydrogen-bond donors (Lipinski definition) is 0. The summed E-state index contributed by atoms with van der Waals surface area (Å²) >= 11 is 0. The maximum absolute atomic E-state index is 14.1. The number of para-hydroxylation sites is 1. The van der Waals surface area contributed by atoms with E-state index in [1.165, 1.54) is 18.9 Å². The summed E-state index contributed by atoms with van der Waals surface area (Å²) in [6, 6.07) is 8.24. The van der Waals surface area contributed by atoms with Gasteiger partial charge in [0.15, 0.2) is 0 Å². The van der Waals surface area contributed by atoms with Crippen LogP contribution in [0.15, 0.2) is 30.3 Å². The van der Waals surface area contributed by atoms with Crippen LogP contribution in [0.5, 0.6) is 0 Å². The number of nitrogens with zero attached hydrogens (tertiary/aromatic N) is 3. The van der Waals surface area contributed by atoms with E-state index in [4.69, 9.17) is 0 Å². The van der Waals surface area contributed by atoms with Gasteiger partial charge in [-0.3, -0.25) is 9.59 Å². The molecule has 5 nitrogen and oxygen atoms in total. The van der Waals surface area contributed by atoms with E-state index in [0.29, 0.717) is 24.4 Å². The molecular weight excluding hydrogens is 345 g/mol. The Morgan fingerprint density at radius 2 is 1.96 bits per heavy atom. The third kappa shape index (κ3) is 2.97. The SMILES string of the molecule is O=C(c1ccc2cccc(F)c2n1)N1C[C@@H]2CC[C@H](C1)N(CC1CC1)C2=O. The molecule has 6 rings (SSSR count). The molecule has 1 aliphatic carbocycles. The van der Waals surface area contributed by atoms with Gasteiger partial charge >= 0.3 is 0 Å². The number of halogens is 1. The lowest BCUT2D eigenvalue weighted by atomic mass is 9.94. The number of pyridine rings is 1. The summed E-state index contributed by atoms with van der Waals surface area (Å²) in [6.45, 7) is 1.82. The van der Waals surface area contributed by atoms with Gasteiger partial charge in [-0.1, -0.05) is 18.2 Å². The molecule has 3 saturated heterocycles. The molecule has 1 aromatic heterocycles. The van der Waals surface area contributed by atoms with Crippen molar-refractivity contribution < 1.29 is 14.0 Å². The Kier molecular flexibility index (Phi) is 3.88. The van der Waals surface area contributed by atoms with Gasteiger partial charge in [0.25, 0.3) is 5.91 Å². The van der Waals surface area contributed by atoms with Gasteiger partial charge in [0, 0.05) is 31.1 Å². The van der Waals surface area contributed by atoms with Gasteiger partial charge < -0.3 is 9.80 Å². The molecule has 2 aromatic rings. The Morgan fingerprint density at radius 3 is 2.78 bits per heavy atom. The summed E-state index contributed by atoms with van der Waals surface area (Å²) in [4.78, 5) is 34.0. The first-order chi connectivity index (χ1) is 13.1. The molecule has 3 aliphatic heterocycles. The number of aromatic nitrogens is 1. The number of amides is 2. The molecule has 27 heavy (non-hydrogen) atoms. The van der Waals surface area contributed by atoms with E-state index in [0.717, 1.165) is 19.4 Å². The Hall–Kier alpha value is -2.50. The van der Waals surface area contributed by atoms with Crippen LogP contribution in [0.1, 0.15) is 36.2 Å². The van der Waals surface area contributed by atoms with Gasteiger partial charge in [0.1, 0.15) is 17.0 Å². The average molecular weight is 367 g/mol. The first-order valence-electron chi connectivity index (χ1n) is 9.75. The van der Waals surface area contributed by atoms with Gasteiger partial charge in [-0.15, -0.1) is 0 Å². The van der Waals surface area contributed by atoms with Crippen molar-refractivity contribution in [2.75, 3.05) is 19.6 Å². The van der Waals surface area contributed by atoms with E-state index < -0.39 is 5.82 Å². The second kappa shape index (κ2) is 6.29. The molecule has 4 heterocycles. The molecule has 1 saturated carbocycles. The van der Waals surface area contributed by atoms with Crippen molar-refractivity contribution in [2.24, 2.45) is 11.8 Å². The maximum atomic E-state index is 14.1. The van der Waals surface area contributed by atoms with Crippen LogP contribution in [-0.4, -0.2) is 52.3 Å². The largest absolute Gasteiger partial charge is 0.337 e. The first kappa shape index (κ1) is 16.7. The number of fused-ring (bicyclic) bond motifs is 5. The zero-order chi connectivity index (χ0) is 18.5. The fourth-order valence-electron chi connectivity index (χ4n) is 4.42. The van der Waals surface area contributed by atoms with Gasteiger partial charge in [-0.25, -0.2) is 9.37 Å². The van der Waals surface area contributed by atoms with Crippen molar-refractivity contribution in [3.63, 3.8) is 0 Å². The minimum atomic E-state index is -0.427. The van der Waals surface area contributed by atoms with E-state index >= 15 is 0 Å². The fourth-order valence-corrected chi connectivity index (χ4v) is 4.42. The highest BCUT2D eigenvalue weighted by Gasteiger charge is 2.43. The Morgan fingerprint density at radius 1 is 1.11 bits per heavy atom. The Balaban J connectivity index is 1.42. The topological polar surface area (TPSA) is 53.5 Å². The predicted octanol–water partition coefficient (Wildman–Crippen LogP) is 2.85. The van der Waals surface area contributed by atoms with Gasteiger partial charge in [-0.05, 0) is 43.7 Å². The van der Waals surface area contributed by atoms with Crippen LogP contribution in [0, 0.1) is 17.7 Å². The lowest BCUT2D eigenvalue weighted by molar-refractivity contribution is -0.140. The molecule has 0 N–H and O–H groups in total. The van der Waals surface area contributed by atoms with Crippen molar-refractivity contribution in [1.82, 2.24) is 14.8 Å². The van der Waals surface area contributed by atoms with Crippen molar-refractivity contribution in [1.29, 1.82) is 0 Å². The summed E-state index contributed by atoms with van der Waals surface area (Å²) in [6.07, 6.45) is 4.20. The number of hydrogen-bond acceptors (Lipinski definition) is 3. The molecule has 0 unspecified atom stereocenters. The summed E-state index contributed by atoms with van der Waals surface area (Å²) in [7, 11) is 0. The minimum Gasteiger partial charge on any atom is -0.337 e. The van der Waals surface area contributed by atoms with Crippen LogP contribution in [0.4, 0.5) is 4.39 Å². The molecule has 4 fully saturated rings. The number of rotatable bonds is 3. The molecule has 6 heteroatoms. The smallest absolute Gasteiger partial charge is 0.272 e. The highest BCUT2D eigenvalue weighted by Crippen LogP contribution is 2.35. The zero-order valence-electron chi connectivity index (χ0n) is 15.1. The van der Waals surface area contributed by atoms with Crippen molar-refractivity contribution in [2.45, 2.75) is 31.7 Å². The van der Waals surface area contributed by atoms with Crippen LogP contribution < -0.4 is 0 Å². The number of carbonyl (C=O) groups excluding carboxylic acids is 2. The van der Waals surface area contributed by atoms with Crippen molar-refractivity contribution in [3.05, 3.63) is 41.8 Å². The van der Waals surface area contributed by atoms with Crippen LogP contribution in [-0.2, 0) is 4.79 Å². The standard InChI is InChI=1S/C21H22FN3O2/c22-17-3-1-2-14-7-9-18(23-19(14)17)21(27)24-11-15-6-8-16(12-24)25(20(15)26)10-13-4-5-13/h1-3,7,9,13,15-16H,4-6,8,10-12H2/t15-,16+/m0/s1. The van der Waals surface area contributed by atoms with E-state index in [-0.39, 0.29) is 35.0 Å². The lowest BCUT2D eigenvalue weighted by Gasteiger charge is -2.36.